The number of nitrogens with two attached hydrogens (primary N) is 1. The minimum Gasteiger partial charge on any atom is -0.385 e. The molecule has 1 heterocycles. The normalized spacial score (nSPS) is 25.0. The molecule has 2 unspecified atom stereocenters. The van der Waals surface area contributed by atoms with Gasteiger partial charge in [-0.25, -0.2) is 0 Å². The zero-order valence-corrected chi connectivity index (χ0v) is 10.3. The lowest BCUT2D eigenvalue weighted by molar-refractivity contribution is 0.178. The first kappa shape index (κ1) is 12.9. The Morgan fingerprint density at radius 2 is 2.27 bits per heavy atom. The van der Waals surface area contributed by atoms with Crippen molar-refractivity contribution in [3.8, 4) is 0 Å². The van der Waals surface area contributed by atoms with E-state index in [2.05, 4.69) is 23.9 Å². The Balaban J connectivity index is 2.17. The van der Waals surface area contributed by atoms with E-state index in [-0.39, 0.29) is 6.04 Å². The largest absolute Gasteiger partial charge is 0.385 e. The molecule has 2 N–H and O–H groups in total. The van der Waals surface area contributed by atoms with Gasteiger partial charge in [-0.2, -0.15) is 0 Å². The summed E-state index contributed by atoms with van der Waals surface area (Å²) < 4.78 is 5.03. The van der Waals surface area contributed by atoms with Crippen molar-refractivity contribution in [2.75, 3.05) is 47.4 Å². The van der Waals surface area contributed by atoms with E-state index in [9.17, 15) is 0 Å². The fourth-order valence-corrected chi connectivity index (χ4v) is 2.09. The number of rotatable bonds is 6. The topological polar surface area (TPSA) is 41.7 Å². The molecular weight excluding hydrogens is 190 g/mol. The zero-order valence-electron chi connectivity index (χ0n) is 10.3. The van der Waals surface area contributed by atoms with Gasteiger partial charge in [0.2, 0.25) is 0 Å². The summed E-state index contributed by atoms with van der Waals surface area (Å²) in [5.74, 6) is 0. The summed E-state index contributed by atoms with van der Waals surface area (Å²) in [6.45, 7) is 4.12. The molecule has 4 heteroatoms. The summed E-state index contributed by atoms with van der Waals surface area (Å²) in [7, 11) is 6.03. The fraction of sp³-hybridized carbons (Fsp3) is 1.00. The van der Waals surface area contributed by atoms with Crippen molar-refractivity contribution in [3.05, 3.63) is 0 Å². The highest BCUT2D eigenvalue weighted by atomic mass is 16.5. The van der Waals surface area contributed by atoms with E-state index >= 15 is 0 Å². The molecule has 0 aromatic carbocycles. The molecule has 1 saturated heterocycles. The van der Waals surface area contributed by atoms with Gasteiger partial charge in [-0.05, 0) is 33.5 Å². The van der Waals surface area contributed by atoms with Gasteiger partial charge in [-0.3, -0.25) is 0 Å². The van der Waals surface area contributed by atoms with Crippen LogP contribution in [0.5, 0.6) is 0 Å². The second kappa shape index (κ2) is 6.43. The van der Waals surface area contributed by atoms with Crippen molar-refractivity contribution in [1.82, 2.24) is 9.80 Å². The van der Waals surface area contributed by atoms with Gasteiger partial charge in [0.1, 0.15) is 0 Å². The van der Waals surface area contributed by atoms with Gasteiger partial charge in [-0.1, -0.05) is 0 Å². The summed E-state index contributed by atoms with van der Waals surface area (Å²) in [5.41, 5.74) is 6.03. The third-order valence-electron chi connectivity index (χ3n) is 3.16. The van der Waals surface area contributed by atoms with Gasteiger partial charge in [-0.15, -0.1) is 0 Å². The predicted molar refractivity (Wildman–Crippen MR) is 63.0 cm³/mol. The summed E-state index contributed by atoms with van der Waals surface area (Å²) in [5, 5.41) is 0. The molecule has 0 spiro atoms. The van der Waals surface area contributed by atoms with Gasteiger partial charge in [0, 0.05) is 38.9 Å². The van der Waals surface area contributed by atoms with E-state index in [1.807, 2.05) is 0 Å². The van der Waals surface area contributed by atoms with E-state index in [4.69, 9.17) is 10.5 Å². The van der Waals surface area contributed by atoms with E-state index in [1.54, 1.807) is 7.11 Å². The molecule has 1 fully saturated rings. The first-order chi connectivity index (χ1) is 7.13. The zero-order chi connectivity index (χ0) is 11.3. The van der Waals surface area contributed by atoms with Gasteiger partial charge in [0.05, 0.1) is 0 Å². The smallest absolute Gasteiger partial charge is 0.0477 e. The van der Waals surface area contributed by atoms with Crippen molar-refractivity contribution >= 4 is 0 Å². The molecule has 0 saturated carbocycles. The molecule has 0 bridgehead atoms. The number of hydrogen-bond donors (Lipinski definition) is 1. The Bertz CT molecular complexity index is 175. The van der Waals surface area contributed by atoms with Gasteiger partial charge < -0.3 is 20.3 Å². The van der Waals surface area contributed by atoms with E-state index in [1.165, 1.54) is 13.0 Å². The predicted octanol–water partition coefficient (Wildman–Crippen LogP) is -0.0139. The van der Waals surface area contributed by atoms with Crippen LogP contribution < -0.4 is 5.73 Å². The molecule has 1 aliphatic rings. The number of likely N-dealkylation sites (tertiary alicyclic amines) is 1. The van der Waals surface area contributed by atoms with Crippen LogP contribution in [-0.4, -0.2) is 69.3 Å². The van der Waals surface area contributed by atoms with Crippen molar-refractivity contribution < 1.29 is 4.74 Å². The third kappa shape index (κ3) is 4.47. The van der Waals surface area contributed by atoms with Crippen LogP contribution in [0, 0.1) is 0 Å². The van der Waals surface area contributed by atoms with Gasteiger partial charge >= 0.3 is 0 Å². The lowest BCUT2D eigenvalue weighted by Crippen LogP contribution is -2.39. The lowest BCUT2D eigenvalue weighted by atomic mass is 10.2. The van der Waals surface area contributed by atoms with Crippen LogP contribution in [0.1, 0.15) is 12.8 Å². The maximum atomic E-state index is 6.03. The molecule has 90 valence electrons. The molecule has 0 radical (unpaired) electrons. The first-order valence-corrected chi connectivity index (χ1v) is 5.76. The van der Waals surface area contributed by atoms with E-state index < -0.39 is 0 Å². The van der Waals surface area contributed by atoms with E-state index in [0.717, 1.165) is 26.1 Å². The maximum Gasteiger partial charge on any atom is 0.0477 e. The van der Waals surface area contributed by atoms with E-state index in [0.29, 0.717) is 6.04 Å². The van der Waals surface area contributed by atoms with Crippen molar-refractivity contribution in [2.24, 2.45) is 5.73 Å². The molecule has 15 heavy (non-hydrogen) atoms. The molecule has 0 aliphatic carbocycles. The maximum absolute atomic E-state index is 6.03. The Kier molecular flexibility index (Phi) is 5.53. The summed E-state index contributed by atoms with van der Waals surface area (Å²) in [4.78, 5) is 4.77. The summed E-state index contributed by atoms with van der Waals surface area (Å²) in [6.07, 6.45) is 2.23. The van der Waals surface area contributed by atoms with Crippen LogP contribution in [-0.2, 0) is 4.74 Å². The quantitative estimate of drug-likeness (QED) is 0.676. The second-order valence-corrected chi connectivity index (χ2v) is 4.71. The molecule has 1 aliphatic heterocycles. The molecule has 2 atom stereocenters. The number of likely N-dealkylation sites (N-methyl/N-ethyl adjacent to an activating group) is 1. The molecular formula is C11H25N3O. The Morgan fingerprint density at radius 1 is 1.53 bits per heavy atom. The molecule has 0 amide bonds. The Hall–Kier alpha value is -0.160. The average molecular weight is 215 g/mol. The lowest BCUT2D eigenvalue weighted by Gasteiger charge is -2.22. The minimum absolute atomic E-state index is 0.255. The van der Waals surface area contributed by atoms with Crippen molar-refractivity contribution in [1.29, 1.82) is 0 Å². The SMILES string of the molecule is COCCC(N)CN1CCC(N(C)C)C1. The fourth-order valence-electron chi connectivity index (χ4n) is 2.09. The number of nitrogens with zero attached hydrogens (tertiary/aromatic N) is 2. The van der Waals surface area contributed by atoms with Crippen molar-refractivity contribution in [3.63, 3.8) is 0 Å². The number of methoxy groups -OCH3 is 1. The molecule has 1 rings (SSSR count). The highest BCUT2D eigenvalue weighted by molar-refractivity contribution is 4.82. The van der Waals surface area contributed by atoms with Crippen LogP contribution in [0.25, 0.3) is 0 Å². The third-order valence-corrected chi connectivity index (χ3v) is 3.16. The summed E-state index contributed by atoms with van der Waals surface area (Å²) in [6, 6.07) is 0.963. The summed E-state index contributed by atoms with van der Waals surface area (Å²) >= 11 is 0. The van der Waals surface area contributed by atoms with Crippen LogP contribution in [0.2, 0.25) is 0 Å². The van der Waals surface area contributed by atoms with Crippen LogP contribution in [0.15, 0.2) is 0 Å². The standard InChI is InChI=1S/C11H25N3O/c1-13(2)11-4-6-14(9-11)8-10(12)5-7-15-3/h10-11H,4-9,12H2,1-3H3. The number of hydrogen-bond acceptors (Lipinski definition) is 4. The Morgan fingerprint density at radius 3 is 2.80 bits per heavy atom. The monoisotopic (exact) mass is 215 g/mol. The van der Waals surface area contributed by atoms with Crippen LogP contribution >= 0.6 is 0 Å². The molecule has 0 aromatic heterocycles. The average Bonchev–Trinajstić information content (AvgIpc) is 2.63. The number of ether oxygens (including phenoxy) is 1. The molecule has 0 aromatic rings. The van der Waals surface area contributed by atoms with Crippen LogP contribution in [0.4, 0.5) is 0 Å². The van der Waals surface area contributed by atoms with Crippen LogP contribution in [0.3, 0.4) is 0 Å². The second-order valence-electron chi connectivity index (χ2n) is 4.71. The van der Waals surface area contributed by atoms with Crippen molar-refractivity contribution in [2.45, 2.75) is 24.9 Å². The highest BCUT2D eigenvalue weighted by Gasteiger charge is 2.24. The first-order valence-electron chi connectivity index (χ1n) is 5.76. The Labute approximate surface area is 93.4 Å². The van der Waals surface area contributed by atoms with Gasteiger partial charge in [0.15, 0.2) is 0 Å². The van der Waals surface area contributed by atoms with Gasteiger partial charge in [0.25, 0.3) is 0 Å². The minimum atomic E-state index is 0.255. The molecule has 4 nitrogen and oxygen atoms in total. The highest BCUT2D eigenvalue weighted by Crippen LogP contribution is 2.13.